The molecule has 2 rings (SSSR count). The maximum absolute atomic E-state index is 10.3. The van der Waals surface area contributed by atoms with Crippen LogP contribution in [0, 0.1) is 29.6 Å². The summed E-state index contributed by atoms with van der Waals surface area (Å²) in [6.07, 6.45) is 6.41. The first kappa shape index (κ1) is 11.4. The molecule has 0 radical (unpaired) electrons. The predicted octanol–water partition coefficient (Wildman–Crippen LogP) is 3.47. The molecule has 0 heterocycles. The minimum atomic E-state index is -0.00792. The van der Waals surface area contributed by atoms with E-state index in [-0.39, 0.29) is 6.10 Å². The highest BCUT2D eigenvalue weighted by atomic mass is 16.3. The lowest BCUT2D eigenvalue weighted by atomic mass is 9.58. The van der Waals surface area contributed by atoms with Crippen LogP contribution in [0.4, 0.5) is 0 Å². The minimum absolute atomic E-state index is 0.00792. The Kier molecular flexibility index (Phi) is 3.39. The van der Waals surface area contributed by atoms with Crippen LogP contribution < -0.4 is 0 Å². The molecule has 0 amide bonds. The molecule has 2 aliphatic carbocycles. The fraction of sp³-hybridized carbons (Fsp3) is 1.00. The van der Waals surface area contributed by atoms with E-state index in [1.54, 1.807) is 0 Å². The summed E-state index contributed by atoms with van der Waals surface area (Å²) in [5.74, 6) is 3.80. The zero-order valence-corrected chi connectivity index (χ0v) is 10.4. The van der Waals surface area contributed by atoms with Crippen molar-refractivity contribution in [3.05, 3.63) is 0 Å². The van der Waals surface area contributed by atoms with Crippen molar-refractivity contribution in [1.82, 2.24) is 0 Å². The number of fused-ring (bicyclic) bond motifs is 1. The molecule has 2 fully saturated rings. The van der Waals surface area contributed by atoms with Gasteiger partial charge in [0.1, 0.15) is 0 Å². The van der Waals surface area contributed by atoms with Crippen LogP contribution in [0.1, 0.15) is 52.9 Å². The van der Waals surface area contributed by atoms with E-state index >= 15 is 0 Å². The van der Waals surface area contributed by atoms with Crippen LogP contribution >= 0.6 is 0 Å². The Bertz CT molecular complexity index is 213. The van der Waals surface area contributed by atoms with E-state index in [9.17, 15) is 5.11 Å². The van der Waals surface area contributed by atoms with Crippen LogP contribution in [0.15, 0.2) is 0 Å². The van der Waals surface area contributed by atoms with Crippen molar-refractivity contribution in [1.29, 1.82) is 0 Å². The molecule has 4 unspecified atom stereocenters. The van der Waals surface area contributed by atoms with Crippen molar-refractivity contribution >= 4 is 0 Å². The Morgan fingerprint density at radius 3 is 2.53 bits per heavy atom. The van der Waals surface area contributed by atoms with Crippen molar-refractivity contribution in [3.8, 4) is 0 Å². The van der Waals surface area contributed by atoms with Gasteiger partial charge in [-0.2, -0.15) is 0 Å². The molecule has 88 valence electrons. The third-order valence-electron chi connectivity index (χ3n) is 5.03. The summed E-state index contributed by atoms with van der Waals surface area (Å²) in [4.78, 5) is 0. The van der Waals surface area contributed by atoms with Crippen molar-refractivity contribution in [2.24, 2.45) is 29.6 Å². The molecule has 0 aromatic rings. The highest BCUT2D eigenvalue weighted by Gasteiger charge is 2.43. The number of aliphatic hydroxyl groups excluding tert-OH is 1. The predicted molar refractivity (Wildman–Crippen MR) is 63.6 cm³/mol. The van der Waals surface area contributed by atoms with Crippen LogP contribution in [0.5, 0.6) is 0 Å². The van der Waals surface area contributed by atoms with Crippen LogP contribution in [-0.2, 0) is 0 Å². The van der Waals surface area contributed by atoms with Crippen molar-refractivity contribution in [2.45, 2.75) is 59.0 Å². The molecular weight excluding hydrogens is 184 g/mol. The van der Waals surface area contributed by atoms with Crippen LogP contribution in [0.2, 0.25) is 0 Å². The molecule has 2 saturated carbocycles. The first-order valence-electron chi connectivity index (χ1n) is 6.81. The molecule has 0 aromatic carbocycles. The molecular formula is C14H26O. The third kappa shape index (κ3) is 2.08. The van der Waals surface area contributed by atoms with Gasteiger partial charge in [0.2, 0.25) is 0 Å². The van der Waals surface area contributed by atoms with Gasteiger partial charge in [0.15, 0.2) is 0 Å². The maximum Gasteiger partial charge on any atom is 0.0576 e. The van der Waals surface area contributed by atoms with Crippen molar-refractivity contribution in [3.63, 3.8) is 0 Å². The van der Waals surface area contributed by atoms with Gasteiger partial charge in [0.25, 0.3) is 0 Å². The quantitative estimate of drug-likeness (QED) is 0.702. The van der Waals surface area contributed by atoms with Gasteiger partial charge in [-0.3, -0.25) is 0 Å². The summed E-state index contributed by atoms with van der Waals surface area (Å²) in [6.45, 7) is 6.99. The molecule has 1 nitrogen and oxygen atoms in total. The normalized spacial score (nSPS) is 51.2. The summed E-state index contributed by atoms with van der Waals surface area (Å²) in [6, 6.07) is 0. The molecule has 1 N–H and O–H groups in total. The second-order valence-electron chi connectivity index (χ2n) is 6.11. The van der Waals surface area contributed by atoms with Gasteiger partial charge in [-0.25, -0.2) is 0 Å². The monoisotopic (exact) mass is 210 g/mol. The molecule has 0 spiro atoms. The average molecular weight is 210 g/mol. The third-order valence-corrected chi connectivity index (χ3v) is 5.03. The van der Waals surface area contributed by atoms with Crippen LogP contribution in [0.3, 0.4) is 0 Å². The Morgan fingerprint density at radius 2 is 1.87 bits per heavy atom. The fourth-order valence-electron chi connectivity index (χ4n) is 4.34. The lowest BCUT2D eigenvalue weighted by molar-refractivity contribution is -0.0596. The Balaban J connectivity index is 2.13. The van der Waals surface area contributed by atoms with E-state index < -0.39 is 0 Å². The van der Waals surface area contributed by atoms with Gasteiger partial charge in [-0.05, 0) is 48.9 Å². The fourth-order valence-corrected chi connectivity index (χ4v) is 4.34. The second-order valence-corrected chi connectivity index (χ2v) is 6.11. The van der Waals surface area contributed by atoms with E-state index in [4.69, 9.17) is 0 Å². The van der Waals surface area contributed by atoms with E-state index in [0.717, 1.165) is 30.1 Å². The summed E-state index contributed by atoms with van der Waals surface area (Å²) in [5.41, 5.74) is 0. The maximum atomic E-state index is 10.3. The first-order chi connectivity index (χ1) is 7.13. The largest absolute Gasteiger partial charge is 0.393 e. The van der Waals surface area contributed by atoms with Gasteiger partial charge in [-0.1, -0.05) is 33.6 Å². The zero-order valence-electron chi connectivity index (χ0n) is 10.4. The number of hydrogen-bond donors (Lipinski definition) is 1. The first-order valence-corrected chi connectivity index (χ1v) is 6.81. The van der Waals surface area contributed by atoms with E-state index in [1.165, 1.54) is 25.7 Å². The summed E-state index contributed by atoms with van der Waals surface area (Å²) in [5, 5.41) is 10.3. The lowest BCUT2D eigenvalue weighted by Crippen LogP contribution is -2.45. The van der Waals surface area contributed by atoms with E-state index in [2.05, 4.69) is 20.8 Å². The molecule has 0 bridgehead atoms. The molecule has 2 aliphatic rings. The van der Waals surface area contributed by atoms with E-state index in [0.29, 0.717) is 5.92 Å². The second kappa shape index (κ2) is 4.45. The van der Waals surface area contributed by atoms with Crippen molar-refractivity contribution in [2.75, 3.05) is 0 Å². The van der Waals surface area contributed by atoms with E-state index in [1.807, 2.05) is 0 Å². The zero-order chi connectivity index (χ0) is 11.0. The molecule has 1 heteroatoms. The van der Waals surface area contributed by atoms with Crippen molar-refractivity contribution < 1.29 is 5.11 Å². The molecule has 0 saturated heterocycles. The Labute approximate surface area is 94.3 Å². The SMILES string of the molecule is CCC1C(C)CCC2C[C@H](C)C[C@H](O)C21. The molecule has 0 aromatic heterocycles. The van der Waals surface area contributed by atoms with Crippen LogP contribution in [-0.4, -0.2) is 11.2 Å². The molecule has 0 aliphatic heterocycles. The summed E-state index contributed by atoms with van der Waals surface area (Å²) >= 11 is 0. The number of rotatable bonds is 1. The highest BCUT2D eigenvalue weighted by molar-refractivity contribution is 4.93. The highest BCUT2D eigenvalue weighted by Crippen LogP contribution is 2.48. The Hall–Kier alpha value is -0.0400. The Morgan fingerprint density at radius 1 is 1.13 bits per heavy atom. The molecule has 6 atom stereocenters. The van der Waals surface area contributed by atoms with Gasteiger partial charge < -0.3 is 5.11 Å². The lowest BCUT2D eigenvalue weighted by Gasteiger charge is -2.48. The smallest absolute Gasteiger partial charge is 0.0576 e. The standard InChI is InChI=1S/C14H26O/c1-4-12-10(3)5-6-11-7-9(2)8-13(15)14(11)12/h9-15H,4-8H2,1-3H3/t9-,10?,11?,12?,13-,14?/m0/s1. The van der Waals surface area contributed by atoms with Gasteiger partial charge >= 0.3 is 0 Å². The van der Waals surface area contributed by atoms with Gasteiger partial charge in [-0.15, -0.1) is 0 Å². The van der Waals surface area contributed by atoms with Gasteiger partial charge in [0.05, 0.1) is 6.10 Å². The van der Waals surface area contributed by atoms with Crippen LogP contribution in [0.25, 0.3) is 0 Å². The number of aliphatic hydroxyl groups is 1. The van der Waals surface area contributed by atoms with Gasteiger partial charge in [0, 0.05) is 0 Å². The minimum Gasteiger partial charge on any atom is -0.393 e. The average Bonchev–Trinajstić information content (AvgIpc) is 2.18. The number of hydrogen-bond acceptors (Lipinski definition) is 1. The molecule has 15 heavy (non-hydrogen) atoms. The summed E-state index contributed by atoms with van der Waals surface area (Å²) < 4.78 is 0. The summed E-state index contributed by atoms with van der Waals surface area (Å²) in [7, 11) is 0. The topological polar surface area (TPSA) is 20.2 Å².